The number of hydrogen-bond donors (Lipinski definition) is 2. The van der Waals surface area contributed by atoms with Gasteiger partial charge in [-0.15, -0.1) is 0 Å². The molecular formula is C28H40Cl2N4O2S2. The normalized spacial score (nSPS) is 10.7. The molecule has 0 spiro atoms. The molecule has 0 saturated heterocycles. The monoisotopic (exact) mass is 598 g/mol. The minimum Gasteiger partial charge on any atom is -0.377 e. The van der Waals surface area contributed by atoms with Crippen molar-refractivity contribution in [1.29, 1.82) is 0 Å². The quantitative estimate of drug-likeness (QED) is 0.145. The molecule has 0 unspecified atom stereocenters. The SMILES string of the molecule is CCCCN(CCOCCOCCN(CCCC)C(=S)Nc1ccc(Cl)cc1)C(=S)Nc1ccc(Cl)cc1. The van der Waals surface area contributed by atoms with Gasteiger partial charge < -0.3 is 29.9 Å². The number of rotatable bonds is 17. The third-order valence-electron chi connectivity index (χ3n) is 5.71. The molecule has 0 aliphatic rings. The van der Waals surface area contributed by atoms with E-state index in [4.69, 9.17) is 57.1 Å². The van der Waals surface area contributed by atoms with Crippen LogP contribution in [-0.4, -0.2) is 72.6 Å². The Morgan fingerprint density at radius 1 is 0.632 bits per heavy atom. The molecule has 38 heavy (non-hydrogen) atoms. The van der Waals surface area contributed by atoms with E-state index in [1.54, 1.807) is 0 Å². The molecule has 2 aromatic carbocycles. The molecule has 0 aliphatic carbocycles. The molecule has 0 heterocycles. The molecule has 0 aliphatic heterocycles. The van der Waals surface area contributed by atoms with Crippen molar-refractivity contribution >= 4 is 69.2 Å². The Labute approximate surface area is 248 Å². The van der Waals surface area contributed by atoms with Gasteiger partial charge in [-0.2, -0.15) is 0 Å². The highest BCUT2D eigenvalue weighted by Crippen LogP contribution is 2.15. The number of halogens is 2. The molecule has 0 aromatic heterocycles. The van der Waals surface area contributed by atoms with Crippen LogP contribution in [-0.2, 0) is 9.47 Å². The second-order valence-electron chi connectivity index (χ2n) is 8.78. The van der Waals surface area contributed by atoms with E-state index in [0.717, 1.165) is 63.2 Å². The first-order valence-electron chi connectivity index (χ1n) is 13.2. The topological polar surface area (TPSA) is 49.0 Å². The Balaban J connectivity index is 1.67. The van der Waals surface area contributed by atoms with Gasteiger partial charge in [-0.1, -0.05) is 49.9 Å². The van der Waals surface area contributed by atoms with Crippen LogP contribution in [0.3, 0.4) is 0 Å². The average Bonchev–Trinajstić information content (AvgIpc) is 2.91. The van der Waals surface area contributed by atoms with Crippen LogP contribution in [0.2, 0.25) is 10.0 Å². The summed E-state index contributed by atoms with van der Waals surface area (Å²) in [4.78, 5) is 4.29. The molecule has 210 valence electrons. The third kappa shape index (κ3) is 13.4. The van der Waals surface area contributed by atoms with Crippen LogP contribution in [0, 0.1) is 0 Å². The molecule has 0 atom stereocenters. The van der Waals surface area contributed by atoms with Crippen LogP contribution in [0.15, 0.2) is 48.5 Å². The minimum absolute atomic E-state index is 0.529. The summed E-state index contributed by atoms with van der Waals surface area (Å²) in [5.74, 6) is 0. The van der Waals surface area contributed by atoms with Crippen molar-refractivity contribution < 1.29 is 9.47 Å². The summed E-state index contributed by atoms with van der Waals surface area (Å²) in [6, 6.07) is 15.1. The maximum atomic E-state index is 5.98. The fourth-order valence-electron chi connectivity index (χ4n) is 3.47. The maximum Gasteiger partial charge on any atom is 0.173 e. The van der Waals surface area contributed by atoms with Gasteiger partial charge in [0.2, 0.25) is 0 Å². The van der Waals surface area contributed by atoms with Gasteiger partial charge in [0.15, 0.2) is 10.2 Å². The van der Waals surface area contributed by atoms with Gasteiger partial charge >= 0.3 is 0 Å². The van der Waals surface area contributed by atoms with Gasteiger partial charge in [-0.05, 0) is 85.8 Å². The van der Waals surface area contributed by atoms with Crippen molar-refractivity contribution in [2.75, 3.05) is 63.2 Å². The highest BCUT2D eigenvalue weighted by Gasteiger charge is 2.11. The van der Waals surface area contributed by atoms with Crippen LogP contribution in [0.4, 0.5) is 11.4 Å². The zero-order valence-corrected chi connectivity index (χ0v) is 25.5. The Bertz CT molecular complexity index is 871. The predicted molar refractivity (Wildman–Crippen MR) is 170 cm³/mol. The Hall–Kier alpha value is -1.68. The number of ether oxygens (including phenoxy) is 2. The predicted octanol–water partition coefficient (Wildman–Crippen LogP) is 7.32. The molecule has 2 N–H and O–H groups in total. The van der Waals surface area contributed by atoms with Crippen molar-refractivity contribution in [1.82, 2.24) is 9.80 Å². The van der Waals surface area contributed by atoms with E-state index in [0.29, 0.717) is 46.7 Å². The van der Waals surface area contributed by atoms with E-state index < -0.39 is 0 Å². The lowest BCUT2D eigenvalue weighted by Gasteiger charge is -2.26. The van der Waals surface area contributed by atoms with Crippen molar-refractivity contribution in [3.63, 3.8) is 0 Å². The number of anilines is 2. The van der Waals surface area contributed by atoms with Crippen molar-refractivity contribution in [2.45, 2.75) is 39.5 Å². The highest BCUT2D eigenvalue weighted by molar-refractivity contribution is 7.80. The number of thiocarbonyl (C=S) groups is 2. The first-order valence-corrected chi connectivity index (χ1v) is 14.8. The highest BCUT2D eigenvalue weighted by atomic mass is 35.5. The zero-order chi connectivity index (χ0) is 27.6. The molecule has 0 amide bonds. The Morgan fingerprint density at radius 3 is 1.34 bits per heavy atom. The first kappa shape index (κ1) is 32.5. The van der Waals surface area contributed by atoms with Crippen molar-refractivity contribution in [3.05, 3.63) is 58.6 Å². The van der Waals surface area contributed by atoms with Crippen LogP contribution < -0.4 is 10.6 Å². The molecule has 0 radical (unpaired) electrons. The first-order chi connectivity index (χ1) is 18.4. The lowest BCUT2D eigenvalue weighted by atomic mass is 10.3. The summed E-state index contributed by atoms with van der Waals surface area (Å²) in [6.07, 6.45) is 4.33. The standard InChI is InChI=1S/C28H40Cl2N4O2S2/c1-3-5-15-33(27(37)31-25-11-7-23(29)8-12-25)17-19-35-21-22-36-20-18-34(16-6-4-2)28(38)32-26-13-9-24(30)10-14-26/h7-14H,3-6,15-22H2,1-2H3,(H,31,37)(H,32,38). The Kier molecular flexibility index (Phi) is 16.6. The Morgan fingerprint density at radius 2 is 1.00 bits per heavy atom. The summed E-state index contributed by atoms with van der Waals surface area (Å²) in [7, 11) is 0. The fourth-order valence-corrected chi connectivity index (χ4v) is 4.32. The van der Waals surface area contributed by atoms with Crippen molar-refractivity contribution in [3.8, 4) is 0 Å². The molecule has 0 saturated carbocycles. The van der Waals surface area contributed by atoms with Crippen LogP contribution in [0.25, 0.3) is 0 Å². The van der Waals surface area contributed by atoms with Crippen molar-refractivity contribution in [2.24, 2.45) is 0 Å². The van der Waals surface area contributed by atoms with Gasteiger partial charge in [0, 0.05) is 47.6 Å². The summed E-state index contributed by atoms with van der Waals surface area (Å²) >= 11 is 23.2. The average molecular weight is 600 g/mol. The van der Waals surface area contributed by atoms with E-state index in [1.165, 1.54) is 0 Å². The fraction of sp³-hybridized carbons (Fsp3) is 0.500. The molecular weight excluding hydrogens is 559 g/mol. The third-order valence-corrected chi connectivity index (χ3v) is 6.94. The van der Waals surface area contributed by atoms with Crippen LogP contribution in [0.1, 0.15) is 39.5 Å². The lowest BCUT2D eigenvalue weighted by Crippen LogP contribution is -2.38. The molecule has 0 fully saturated rings. The van der Waals surface area contributed by atoms with Gasteiger partial charge in [0.05, 0.1) is 26.4 Å². The maximum absolute atomic E-state index is 5.98. The van der Waals surface area contributed by atoms with E-state index in [2.05, 4.69) is 34.3 Å². The molecule has 10 heteroatoms. The molecule has 2 aromatic rings. The zero-order valence-electron chi connectivity index (χ0n) is 22.4. The van der Waals surface area contributed by atoms with E-state index in [-0.39, 0.29) is 0 Å². The van der Waals surface area contributed by atoms with E-state index >= 15 is 0 Å². The molecule has 6 nitrogen and oxygen atoms in total. The largest absolute Gasteiger partial charge is 0.377 e. The summed E-state index contributed by atoms with van der Waals surface area (Å²) in [6.45, 7) is 9.75. The minimum atomic E-state index is 0.529. The molecule has 2 rings (SSSR count). The summed E-state index contributed by atoms with van der Waals surface area (Å²) in [5.41, 5.74) is 1.84. The smallest absolute Gasteiger partial charge is 0.173 e. The van der Waals surface area contributed by atoms with Gasteiger partial charge in [-0.3, -0.25) is 0 Å². The number of benzene rings is 2. The second-order valence-corrected chi connectivity index (χ2v) is 10.4. The number of nitrogens with one attached hydrogen (secondary N) is 2. The van der Waals surface area contributed by atoms with Crippen LogP contribution >= 0.6 is 47.6 Å². The number of unbranched alkanes of at least 4 members (excludes halogenated alkanes) is 2. The van der Waals surface area contributed by atoms with Gasteiger partial charge in [0.25, 0.3) is 0 Å². The summed E-state index contributed by atoms with van der Waals surface area (Å²) < 4.78 is 11.7. The van der Waals surface area contributed by atoms with Gasteiger partial charge in [0.1, 0.15) is 0 Å². The summed E-state index contributed by atoms with van der Waals surface area (Å²) in [5, 5.41) is 9.36. The van der Waals surface area contributed by atoms with Crippen LogP contribution in [0.5, 0.6) is 0 Å². The van der Waals surface area contributed by atoms with E-state index in [1.807, 2.05) is 48.5 Å². The van der Waals surface area contributed by atoms with Gasteiger partial charge in [-0.25, -0.2) is 0 Å². The number of hydrogen-bond acceptors (Lipinski definition) is 4. The molecule has 0 bridgehead atoms. The van der Waals surface area contributed by atoms with E-state index in [9.17, 15) is 0 Å². The lowest BCUT2D eigenvalue weighted by molar-refractivity contribution is 0.0403. The second kappa shape index (κ2) is 19.4. The number of nitrogens with zero attached hydrogens (tertiary/aromatic N) is 2.